The molecule has 0 spiro atoms. The highest BCUT2D eigenvalue weighted by Crippen LogP contribution is 2.29. The summed E-state index contributed by atoms with van der Waals surface area (Å²) in [6.45, 7) is 3.79. The van der Waals surface area contributed by atoms with E-state index in [9.17, 15) is 8.42 Å². The van der Waals surface area contributed by atoms with Crippen LogP contribution in [0, 0.1) is 13.8 Å². The second kappa shape index (κ2) is 7.23. The minimum atomic E-state index is -3.63. The molecule has 0 N–H and O–H groups in total. The smallest absolute Gasteiger partial charge is 0.243 e. The molecule has 6 heteroatoms. The van der Waals surface area contributed by atoms with Crippen molar-refractivity contribution in [2.75, 3.05) is 21.3 Å². The molecule has 0 aliphatic rings. The summed E-state index contributed by atoms with van der Waals surface area (Å²) in [4.78, 5) is 0.320. The molecule has 2 rings (SSSR count). The van der Waals surface area contributed by atoms with Crippen LogP contribution in [-0.4, -0.2) is 34.0 Å². The number of aryl methyl sites for hydroxylation is 2. The van der Waals surface area contributed by atoms with Gasteiger partial charge in [0.05, 0.1) is 19.1 Å². The van der Waals surface area contributed by atoms with Crippen LogP contribution >= 0.6 is 0 Å². The van der Waals surface area contributed by atoms with Crippen molar-refractivity contribution in [2.45, 2.75) is 25.3 Å². The number of methoxy groups -OCH3 is 2. The molecule has 0 bridgehead atoms. The zero-order valence-electron chi connectivity index (χ0n) is 14.7. The van der Waals surface area contributed by atoms with E-state index in [0.717, 1.165) is 5.56 Å². The summed E-state index contributed by atoms with van der Waals surface area (Å²) in [7, 11) is 1.09. The molecule has 0 heterocycles. The molecule has 0 fully saturated rings. The van der Waals surface area contributed by atoms with Crippen molar-refractivity contribution >= 4 is 10.0 Å². The van der Waals surface area contributed by atoms with Crippen LogP contribution in [0.1, 0.15) is 16.7 Å². The lowest BCUT2D eigenvalue weighted by Crippen LogP contribution is -2.28. The van der Waals surface area contributed by atoms with Crippen molar-refractivity contribution in [1.29, 1.82) is 0 Å². The Kier molecular flexibility index (Phi) is 5.51. The molecule has 130 valence electrons. The van der Waals surface area contributed by atoms with Crippen LogP contribution in [0.5, 0.6) is 11.5 Å². The first-order valence-electron chi connectivity index (χ1n) is 7.54. The fourth-order valence-corrected chi connectivity index (χ4v) is 4.30. The van der Waals surface area contributed by atoms with E-state index in [-0.39, 0.29) is 6.54 Å². The molecule has 0 saturated carbocycles. The number of hydrogen-bond donors (Lipinski definition) is 0. The number of hydrogen-bond acceptors (Lipinski definition) is 4. The average Bonchev–Trinajstić information content (AvgIpc) is 2.54. The summed E-state index contributed by atoms with van der Waals surface area (Å²) in [5.41, 5.74) is 2.15. The molecule has 0 radical (unpaired) electrons. The second-order valence-electron chi connectivity index (χ2n) is 5.66. The summed E-state index contributed by atoms with van der Waals surface area (Å²) in [6.07, 6.45) is 0. The van der Waals surface area contributed by atoms with Gasteiger partial charge in [0, 0.05) is 19.2 Å². The lowest BCUT2D eigenvalue weighted by atomic mass is 10.1. The Morgan fingerprint density at radius 1 is 1.00 bits per heavy atom. The quantitative estimate of drug-likeness (QED) is 0.804. The molecule has 0 aliphatic carbocycles. The Hall–Kier alpha value is -2.05. The maximum atomic E-state index is 13.0. The van der Waals surface area contributed by atoms with E-state index in [1.807, 2.05) is 24.3 Å². The fraction of sp³-hybridized carbons (Fsp3) is 0.333. The van der Waals surface area contributed by atoms with Crippen molar-refractivity contribution in [3.05, 3.63) is 53.1 Å². The van der Waals surface area contributed by atoms with Crippen LogP contribution in [0.2, 0.25) is 0 Å². The number of rotatable bonds is 6. The van der Waals surface area contributed by atoms with Gasteiger partial charge in [-0.1, -0.05) is 18.2 Å². The zero-order valence-corrected chi connectivity index (χ0v) is 15.5. The first-order valence-corrected chi connectivity index (χ1v) is 8.98. The summed E-state index contributed by atoms with van der Waals surface area (Å²) in [5.74, 6) is 1.32. The third kappa shape index (κ3) is 3.55. The largest absolute Gasteiger partial charge is 0.497 e. The van der Waals surface area contributed by atoms with Crippen LogP contribution in [0.25, 0.3) is 0 Å². The molecule has 2 aromatic carbocycles. The van der Waals surface area contributed by atoms with Crippen molar-refractivity contribution in [3.63, 3.8) is 0 Å². The number of nitrogens with zero attached hydrogens (tertiary/aromatic N) is 1. The number of para-hydroxylation sites is 1. The van der Waals surface area contributed by atoms with E-state index in [1.165, 1.54) is 4.31 Å². The van der Waals surface area contributed by atoms with E-state index in [1.54, 1.807) is 47.2 Å². The topological polar surface area (TPSA) is 55.8 Å². The summed E-state index contributed by atoms with van der Waals surface area (Å²) in [5, 5.41) is 0. The van der Waals surface area contributed by atoms with Gasteiger partial charge in [0.25, 0.3) is 0 Å². The van der Waals surface area contributed by atoms with E-state index in [4.69, 9.17) is 9.47 Å². The Morgan fingerprint density at radius 3 is 2.12 bits per heavy atom. The summed E-state index contributed by atoms with van der Waals surface area (Å²) < 4.78 is 37.9. The Labute approximate surface area is 143 Å². The van der Waals surface area contributed by atoms with Crippen LogP contribution in [-0.2, 0) is 16.6 Å². The van der Waals surface area contributed by atoms with Crippen LogP contribution < -0.4 is 9.47 Å². The Bertz CT molecular complexity index is 808. The minimum absolute atomic E-state index is 0.233. The van der Waals surface area contributed by atoms with Gasteiger partial charge in [-0.05, 0) is 43.2 Å². The number of sulfonamides is 1. The normalized spacial score (nSPS) is 11.6. The minimum Gasteiger partial charge on any atom is -0.497 e. The molecule has 0 unspecified atom stereocenters. The molecule has 0 aliphatic heterocycles. The number of benzene rings is 2. The lowest BCUT2D eigenvalue weighted by molar-refractivity contribution is 0.397. The van der Waals surface area contributed by atoms with E-state index in [0.29, 0.717) is 27.5 Å². The van der Waals surface area contributed by atoms with Gasteiger partial charge in [0.15, 0.2) is 0 Å². The van der Waals surface area contributed by atoms with Crippen molar-refractivity contribution < 1.29 is 17.9 Å². The van der Waals surface area contributed by atoms with Crippen LogP contribution in [0.4, 0.5) is 0 Å². The SMILES string of the molecule is COc1cc(C)c(S(=O)(=O)N(C)Cc2ccccc2OC)c(C)c1. The maximum Gasteiger partial charge on any atom is 0.243 e. The highest BCUT2D eigenvalue weighted by Gasteiger charge is 2.26. The number of ether oxygens (including phenoxy) is 2. The van der Waals surface area contributed by atoms with E-state index < -0.39 is 10.0 Å². The van der Waals surface area contributed by atoms with Crippen molar-refractivity contribution in [2.24, 2.45) is 0 Å². The van der Waals surface area contributed by atoms with Gasteiger partial charge >= 0.3 is 0 Å². The van der Waals surface area contributed by atoms with Crippen molar-refractivity contribution in [3.8, 4) is 11.5 Å². The second-order valence-corrected chi connectivity index (χ2v) is 7.64. The van der Waals surface area contributed by atoms with Gasteiger partial charge in [-0.2, -0.15) is 4.31 Å². The predicted octanol–water partition coefficient (Wildman–Crippen LogP) is 3.14. The predicted molar refractivity (Wildman–Crippen MR) is 94.1 cm³/mol. The highest BCUT2D eigenvalue weighted by molar-refractivity contribution is 7.89. The van der Waals surface area contributed by atoms with Gasteiger partial charge in [-0.25, -0.2) is 8.42 Å². The fourth-order valence-electron chi connectivity index (χ4n) is 2.75. The maximum absolute atomic E-state index is 13.0. The highest BCUT2D eigenvalue weighted by atomic mass is 32.2. The molecule has 0 saturated heterocycles. The summed E-state index contributed by atoms with van der Waals surface area (Å²) in [6, 6.07) is 10.9. The lowest BCUT2D eigenvalue weighted by Gasteiger charge is -2.21. The van der Waals surface area contributed by atoms with Crippen LogP contribution in [0.15, 0.2) is 41.3 Å². The van der Waals surface area contributed by atoms with E-state index in [2.05, 4.69) is 0 Å². The van der Waals surface area contributed by atoms with Gasteiger partial charge in [-0.3, -0.25) is 0 Å². The standard InChI is InChI=1S/C18H23NO4S/c1-13-10-16(22-4)11-14(2)18(13)24(20,21)19(3)12-15-8-6-7-9-17(15)23-5/h6-11H,12H2,1-5H3. The molecule has 0 amide bonds. The summed E-state index contributed by atoms with van der Waals surface area (Å²) >= 11 is 0. The first kappa shape index (κ1) is 18.3. The molecule has 0 aromatic heterocycles. The van der Waals surface area contributed by atoms with E-state index >= 15 is 0 Å². The Morgan fingerprint density at radius 2 is 1.58 bits per heavy atom. The molecular formula is C18H23NO4S. The Balaban J connectivity index is 2.40. The molecule has 2 aromatic rings. The van der Waals surface area contributed by atoms with Gasteiger partial charge in [0.1, 0.15) is 11.5 Å². The molecule has 5 nitrogen and oxygen atoms in total. The third-order valence-electron chi connectivity index (χ3n) is 3.92. The zero-order chi connectivity index (χ0) is 17.9. The van der Waals surface area contributed by atoms with Gasteiger partial charge in [-0.15, -0.1) is 0 Å². The molecule has 24 heavy (non-hydrogen) atoms. The van der Waals surface area contributed by atoms with Crippen molar-refractivity contribution in [1.82, 2.24) is 4.31 Å². The average molecular weight is 349 g/mol. The third-order valence-corrected chi connectivity index (χ3v) is 6.03. The van der Waals surface area contributed by atoms with Crippen LogP contribution in [0.3, 0.4) is 0 Å². The molecule has 0 atom stereocenters. The monoisotopic (exact) mass is 349 g/mol. The molecular weight excluding hydrogens is 326 g/mol. The van der Waals surface area contributed by atoms with Gasteiger partial charge in [0.2, 0.25) is 10.0 Å². The van der Waals surface area contributed by atoms with Gasteiger partial charge < -0.3 is 9.47 Å². The first-order chi connectivity index (χ1) is 11.3.